The summed E-state index contributed by atoms with van der Waals surface area (Å²) < 4.78 is 10.2. The van der Waals surface area contributed by atoms with E-state index in [0.717, 1.165) is 5.69 Å². The van der Waals surface area contributed by atoms with Crippen molar-refractivity contribution in [2.45, 2.75) is 0 Å². The van der Waals surface area contributed by atoms with Gasteiger partial charge in [-0.15, -0.1) is 0 Å². The van der Waals surface area contributed by atoms with Crippen LogP contribution in [-0.4, -0.2) is 26.2 Å². The zero-order valence-corrected chi connectivity index (χ0v) is 12.4. The molecule has 0 amide bonds. The van der Waals surface area contributed by atoms with Gasteiger partial charge in [0.25, 0.3) is 0 Å². The molecular formula is C16H16ClNO3. The monoisotopic (exact) mass is 305 g/mol. The van der Waals surface area contributed by atoms with Gasteiger partial charge in [-0.25, -0.2) is 4.79 Å². The van der Waals surface area contributed by atoms with Crippen molar-refractivity contribution in [2.75, 3.05) is 25.6 Å². The number of nitrogens with one attached hydrogen (secondary N) is 1. The second kappa shape index (κ2) is 7.55. The zero-order chi connectivity index (χ0) is 15.1. The van der Waals surface area contributed by atoms with Crippen LogP contribution in [0.25, 0.3) is 0 Å². The number of carbonyl (C=O) groups is 1. The van der Waals surface area contributed by atoms with E-state index in [0.29, 0.717) is 29.5 Å². The summed E-state index contributed by atoms with van der Waals surface area (Å²) in [6, 6.07) is 14.3. The van der Waals surface area contributed by atoms with Crippen LogP contribution in [0.15, 0.2) is 48.5 Å². The van der Waals surface area contributed by atoms with Gasteiger partial charge in [0, 0.05) is 17.3 Å². The van der Waals surface area contributed by atoms with Gasteiger partial charge in [-0.3, -0.25) is 0 Å². The summed E-state index contributed by atoms with van der Waals surface area (Å²) in [6.07, 6.45) is 0. The molecule has 0 radical (unpaired) electrons. The predicted octanol–water partition coefficient (Wildman–Crippen LogP) is 3.62. The molecule has 0 saturated heterocycles. The largest absolute Gasteiger partial charge is 0.492 e. The van der Waals surface area contributed by atoms with E-state index in [-0.39, 0.29) is 5.97 Å². The van der Waals surface area contributed by atoms with Crippen molar-refractivity contribution in [1.29, 1.82) is 0 Å². The number of anilines is 1. The lowest BCUT2D eigenvalue weighted by molar-refractivity contribution is 0.0600. The number of hydrogen-bond donors (Lipinski definition) is 1. The highest BCUT2D eigenvalue weighted by Crippen LogP contribution is 2.14. The lowest BCUT2D eigenvalue weighted by atomic mass is 10.2. The van der Waals surface area contributed by atoms with Crippen LogP contribution in [0.5, 0.6) is 5.75 Å². The van der Waals surface area contributed by atoms with Crippen molar-refractivity contribution >= 4 is 23.3 Å². The molecule has 1 N–H and O–H groups in total. The number of rotatable bonds is 6. The molecule has 0 aliphatic carbocycles. The number of esters is 1. The standard InChI is InChI=1S/C16H16ClNO3/c1-20-16(19)12-2-8-15(9-3-12)21-11-10-18-14-6-4-13(17)5-7-14/h2-9,18H,10-11H2,1H3. The van der Waals surface area contributed by atoms with Crippen LogP contribution in [0.3, 0.4) is 0 Å². The number of benzene rings is 2. The van der Waals surface area contributed by atoms with E-state index in [2.05, 4.69) is 10.1 Å². The molecular weight excluding hydrogens is 290 g/mol. The number of ether oxygens (including phenoxy) is 2. The third kappa shape index (κ3) is 4.68. The second-order valence-corrected chi connectivity index (χ2v) is 4.73. The fraction of sp³-hybridized carbons (Fsp3) is 0.188. The van der Waals surface area contributed by atoms with E-state index < -0.39 is 0 Å². The van der Waals surface area contributed by atoms with Crippen molar-refractivity contribution in [2.24, 2.45) is 0 Å². The van der Waals surface area contributed by atoms with E-state index in [1.807, 2.05) is 24.3 Å². The first kappa shape index (κ1) is 15.2. The molecule has 2 aromatic rings. The Morgan fingerprint density at radius 1 is 1.10 bits per heavy atom. The van der Waals surface area contributed by atoms with Gasteiger partial charge in [-0.1, -0.05) is 11.6 Å². The second-order valence-electron chi connectivity index (χ2n) is 4.30. The van der Waals surface area contributed by atoms with E-state index in [4.69, 9.17) is 16.3 Å². The number of carbonyl (C=O) groups excluding carboxylic acids is 1. The van der Waals surface area contributed by atoms with Crippen molar-refractivity contribution in [3.05, 3.63) is 59.1 Å². The van der Waals surface area contributed by atoms with Gasteiger partial charge in [0.1, 0.15) is 12.4 Å². The molecule has 110 valence electrons. The van der Waals surface area contributed by atoms with Crippen LogP contribution in [0.4, 0.5) is 5.69 Å². The van der Waals surface area contributed by atoms with Gasteiger partial charge < -0.3 is 14.8 Å². The molecule has 4 nitrogen and oxygen atoms in total. The van der Waals surface area contributed by atoms with Gasteiger partial charge in [-0.05, 0) is 48.5 Å². The highest BCUT2D eigenvalue weighted by Gasteiger charge is 2.04. The van der Waals surface area contributed by atoms with Crippen LogP contribution < -0.4 is 10.1 Å². The Morgan fingerprint density at radius 2 is 1.76 bits per heavy atom. The van der Waals surface area contributed by atoms with Crippen molar-refractivity contribution in [3.63, 3.8) is 0 Å². The maximum atomic E-state index is 11.3. The molecule has 0 unspecified atom stereocenters. The summed E-state index contributed by atoms with van der Waals surface area (Å²) in [7, 11) is 1.36. The molecule has 0 atom stereocenters. The molecule has 21 heavy (non-hydrogen) atoms. The maximum absolute atomic E-state index is 11.3. The average Bonchev–Trinajstić information content (AvgIpc) is 2.53. The normalized spacial score (nSPS) is 10.0. The van der Waals surface area contributed by atoms with E-state index in [1.54, 1.807) is 24.3 Å². The Balaban J connectivity index is 1.75. The zero-order valence-electron chi connectivity index (χ0n) is 11.6. The van der Waals surface area contributed by atoms with Gasteiger partial charge in [0.2, 0.25) is 0 Å². The van der Waals surface area contributed by atoms with Crippen LogP contribution in [-0.2, 0) is 4.74 Å². The van der Waals surface area contributed by atoms with Crippen LogP contribution in [0, 0.1) is 0 Å². The summed E-state index contributed by atoms with van der Waals surface area (Å²) in [5.74, 6) is 0.353. The quantitative estimate of drug-likeness (QED) is 0.654. The van der Waals surface area contributed by atoms with Crippen LogP contribution in [0.1, 0.15) is 10.4 Å². The molecule has 0 bridgehead atoms. The molecule has 0 aliphatic heterocycles. The number of halogens is 1. The molecule has 0 heterocycles. The average molecular weight is 306 g/mol. The Bertz CT molecular complexity index is 581. The molecule has 0 saturated carbocycles. The SMILES string of the molecule is COC(=O)c1ccc(OCCNc2ccc(Cl)cc2)cc1. The molecule has 2 aromatic carbocycles. The Hall–Kier alpha value is -2.20. The fourth-order valence-corrected chi connectivity index (χ4v) is 1.86. The summed E-state index contributed by atoms with van der Waals surface area (Å²) in [6.45, 7) is 1.18. The van der Waals surface area contributed by atoms with Crippen molar-refractivity contribution in [3.8, 4) is 5.75 Å². The minimum absolute atomic E-state index is 0.356. The summed E-state index contributed by atoms with van der Waals surface area (Å²) >= 11 is 5.81. The first-order valence-electron chi connectivity index (χ1n) is 6.49. The smallest absolute Gasteiger partial charge is 0.337 e. The third-order valence-corrected chi connectivity index (χ3v) is 3.07. The summed E-state index contributed by atoms with van der Waals surface area (Å²) in [4.78, 5) is 11.3. The third-order valence-electron chi connectivity index (χ3n) is 2.82. The maximum Gasteiger partial charge on any atom is 0.337 e. The first-order chi connectivity index (χ1) is 10.2. The van der Waals surface area contributed by atoms with Gasteiger partial charge in [-0.2, -0.15) is 0 Å². The van der Waals surface area contributed by atoms with Crippen molar-refractivity contribution in [1.82, 2.24) is 0 Å². The molecule has 0 fully saturated rings. The molecule has 0 aromatic heterocycles. The minimum Gasteiger partial charge on any atom is -0.492 e. The van der Waals surface area contributed by atoms with E-state index in [9.17, 15) is 4.79 Å². The van der Waals surface area contributed by atoms with E-state index >= 15 is 0 Å². The predicted molar refractivity (Wildman–Crippen MR) is 83.2 cm³/mol. The fourth-order valence-electron chi connectivity index (χ4n) is 1.74. The summed E-state index contributed by atoms with van der Waals surface area (Å²) in [5, 5.41) is 3.93. The van der Waals surface area contributed by atoms with Gasteiger partial charge in [0.05, 0.1) is 12.7 Å². The number of hydrogen-bond acceptors (Lipinski definition) is 4. The van der Waals surface area contributed by atoms with Gasteiger partial charge >= 0.3 is 5.97 Å². The highest BCUT2D eigenvalue weighted by molar-refractivity contribution is 6.30. The van der Waals surface area contributed by atoms with E-state index in [1.165, 1.54) is 7.11 Å². The highest BCUT2D eigenvalue weighted by atomic mass is 35.5. The van der Waals surface area contributed by atoms with Crippen LogP contribution >= 0.6 is 11.6 Å². The molecule has 2 rings (SSSR count). The Kier molecular flexibility index (Phi) is 5.46. The molecule has 5 heteroatoms. The Morgan fingerprint density at radius 3 is 2.38 bits per heavy atom. The van der Waals surface area contributed by atoms with Gasteiger partial charge in [0.15, 0.2) is 0 Å². The molecule has 0 aliphatic rings. The lowest BCUT2D eigenvalue weighted by Crippen LogP contribution is -2.11. The number of methoxy groups -OCH3 is 1. The summed E-state index contributed by atoms with van der Waals surface area (Å²) in [5.41, 5.74) is 1.49. The van der Waals surface area contributed by atoms with Crippen molar-refractivity contribution < 1.29 is 14.3 Å². The van der Waals surface area contributed by atoms with Crippen LogP contribution in [0.2, 0.25) is 5.02 Å². The first-order valence-corrected chi connectivity index (χ1v) is 6.87. The Labute approximate surface area is 128 Å². The topological polar surface area (TPSA) is 47.6 Å². The molecule has 0 spiro atoms. The lowest BCUT2D eigenvalue weighted by Gasteiger charge is -2.09. The minimum atomic E-state index is -0.356.